The zero-order valence-corrected chi connectivity index (χ0v) is 11.7. The van der Waals surface area contributed by atoms with E-state index in [9.17, 15) is 0 Å². The fourth-order valence-corrected chi connectivity index (χ4v) is 1.89. The Hall–Kier alpha value is -1.42. The molecular weight excluding hydrogens is 283 g/mol. The van der Waals surface area contributed by atoms with E-state index < -0.39 is 0 Å². The lowest BCUT2D eigenvalue weighted by Crippen LogP contribution is -1.97. The van der Waals surface area contributed by atoms with E-state index in [1.165, 1.54) is 0 Å². The lowest BCUT2D eigenvalue weighted by atomic mass is 10.2. The van der Waals surface area contributed by atoms with Gasteiger partial charge in [0.2, 0.25) is 0 Å². The van der Waals surface area contributed by atoms with E-state index in [2.05, 4.69) is 0 Å². The summed E-state index contributed by atoms with van der Waals surface area (Å²) in [6.45, 7) is 0.924. The summed E-state index contributed by atoms with van der Waals surface area (Å²) in [5.74, 6) is 0. The topological polar surface area (TPSA) is 61.3 Å². The average molecular weight is 297 g/mol. The zero-order valence-electron chi connectivity index (χ0n) is 10.2. The van der Waals surface area contributed by atoms with E-state index >= 15 is 0 Å². The minimum Gasteiger partial charge on any atom is -0.398 e. The number of nitrogen functional groups attached to an aromatic ring is 2. The van der Waals surface area contributed by atoms with E-state index in [0.29, 0.717) is 34.6 Å². The van der Waals surface area contributed by atoms with Crippen molar-refractivity contribution in [3.8, 4) is 0 Å². The number of benzene rings is 2. The first-order chi connectivity index (χ1) is 9.06. The molecule has 100 valence electrons. The molecule has 5 heteroatoms. The summed E-state index contributed by atoms with van der Waals surface area (Å²) in [6, 6.07) is 10.9. The van der Waals surface area contributed by atoms with E-state index in [0.717, 1.165) is 11.1 Å². The highest BCUT2D eigenvalue weighted by Gasteiger charge is 2.01. The van der Waals surface area contributed by atoms with Crippen LogP contribution < -0.4 is 11.5 Å². The second-order valence-corrected chi connectivity index (χ2v) is 5.02. The van der Waals surface area contributed by atoms with E-state index in [1.54, 1.807) is 24.3 Å². The fourth-order valence-electron chi connectivity index (χ4n) is 1.65. The SMILES string of the molecule is Nc1cc(COCc2ccc(Cl)c(N)c2)ccc1Cl. The smallest absolute Gasteiger partial charge is 0.0722 e. The van der Waals surface area contributed by atoms with Crippen molar-refractivity contribution in [2.75, 3.05) is 11.5 Å². The molecule has 0 saturated heterocycles. The number of nitrogens with two attached hydrogens (primary N) is 2. The largest absolute Gasteiger partial charge is 0.398 e. The van der Waals surface area contributed by atoms with Crippen LogP contribution >= 0.6 is 23.2 Å². The Morgan fingerprint density at radius 3 is 1.58 bits per heavy atom. The number of hydrogen-bond donors (Lipinski definition) is 2. The van der Waals surface area contributed by atoms with Gasteiger partial charge in [0.15, 0.2) is 0 Å². The van der Waals surface area contributed by atoms with E-state index in [1.807, 2.05) is 12.1 Å². The molecule has 0 aliphatic carbocycles. The van der Waals surface area contributed by atoms with Crippen molar-refractivity contribution in [2.45, 2.75) is 13.2 Å². The van der Waals surface area contributed by atoms with Gasteiger partial charge in [0.1, 0.15) is 0 Å². The maximum absolute atomic E-state index is 5.85. The lowest BCUT2D eigenvalue weighted by Gasteiger charge is -2.07. The van der Waals surface area contributed by atoms with Crippen LogP contribution in [-0.2, 0) is 18.0 Å². The maximum Gasteiger partial charge on any atom is 0.0722 e. The Bertz CT molecular complexity index is 536. The molecule has 0 heterocycles. The molecule has 0 aromatic heterocycles. The van der Waals surface area contributed by atoms with Gasteiger partial charge >= 0.3 is 0 Å². The molecule has 2 aromatic carbocycles. The Balaban J connectivity index is 1.92. The van der Waals surface area contributed by atoms with Gasteiger partial charge in [-0.25, -0.2) is 0 Å². The van der Waals surface area contributed by atoms with Crippen molar-refractivity contribution in [3.63, 3.8) is 0 Å². The van der Waals surface area contributed by atoms with Crippen molar-refractivity contribution in [2.24, 2.45) is 0 Å². The first kappa shape index (κ1) is 14.0. The molecule has 3 nitrogen and oxygen atoms in total. The molecular formula is C14H14Cl2N2O. The number of hydrogen-bond acceptors (Lipinski definition) is 3. The van der Waals surface area contributed by atoms with Gasteiger partial charge in [0.25, 0.3) is 0 Å². The maximum atomic E-state index is 5.85. The predicted molar refractivity (Wildman–Crippen MR) is 80.2 cm³/mol. The van der Waals surface area contributed by atoms with E-state index in [-0.39, 0.29) is 0 Å². The third-order valence-electron chi connectivity index (χ3n) is 2.66. The van der Waals surface area contributed by atoms with Gasteiger partial charge in [0, 0.05) is 0 Å². The van der Waals surface area contributed by atoms with Gasteiger partial charge in [-0.15, -0.1) is 0 Å². The zero-order chi connectivity index (χ0) is 13.8. The fraction of sp³-hybridized carbons (Fsp3) is 0.143. The van der Waals surface area contributed by atoms with Crippen molar-refractivity contribution < 1.29 is 4.74 Å². The summed E-state index contributed by atoms with van der Waals surface area (Å²) in [6.07, 6.45) is 0. The molecule has 19 heavy (non-hydrogen) atoms. The molecule has 0 spiro atoms. The monoisotopic (exact) mass is 296 g/mol. The van der Waals surface area contributed by atoms with Crippen LogP contribution in [0.5, 0.6) is 0 Å². The first-order valence-corrected chi connectivity index (χ1v) is 6.47. The number of rotatable bonds is 4. The molecule has 0 radical (unpaired) electrons. The van der Waals surface area contributed by atoms with Crippen molar-refractivity contribution in [1.29, 1.82) is 0 Å². The Labute approximate surface area is 122 Å². The summed E-state index contributed by atoms with van der Waals surface area (Å²) in [7, 11) is 0. The Kier molecular flexibility index (Phi) is 4.53. The van der Waals surface area contributed by atoms with Gasteiger partial charge in [0.05, 0.1) is 34.6 Å². The Morgan fingerprint density at radius 1 is 0.789 bits per heavy atom. The van der Waals surface area contributed by atoms with Gasteiger partial charge in [-0.05, 0) is 35.4 Å². The summed E-state index contributed by atoms with van der Waals surface area (Å²) in [5.41, 5.74) is 14.5. The molecule has 0 unspecified atom stereocenters. The molecule has 0 bridgehead atoms. The van der Waals surface area contributed by atoms with Crippen molar-refractivity contribution >= 4 is 34.6 Å². The van der Waals surface area contributed by atoms with Crippen LogP contribution in [0.4, 0.5) is 11.4 Å². The van der Waals surface area contributed by atoms with Crippen LogP contribution in [0.25, 0.3) is 0 Å². The molecule has 0 aliphatic heterocycles. The van der Waals surface area contributed by atoms with Crippen LogP contribution in [-0.4, -0.2) is 0 Å². The predicted octanol–water partition coefficient (Wildman–Crippen LogP) is 3.87. The molecule has 0 saturated carbocycles. The second kappa shape index (κ2) is 6.15. The third-order valence-corrected chi connectivity index (χ3v) is 3.35. The van der Waals surface area contributed by atoms with Crippen LogP contribution in [0.1, 0.15) is 11.1 Å². The average Bonchev–Trinajstić information content (AvgIpc) is 2.38. The van der Waals surface area contributed by atoms with Gasteiger partial charge < -0.3 is 16.2 Å². The summed E-state index contributed by atoms with van der Waals surface area (Å²) in [5, 5.41) is 1.10. The van der Waals surface area contributed by atoms with Gasteiger partial charge in [-0.3, -0.25) is 0 Å². The van der Waals surface area contributed by atoms with Crippen LogP contribution in [0.2, 0.25) is 10.0 Å². The van der Waals surface area contributed by atoms with Crippen molar-refractivity contribution in [1.82, 2.24) is 0 Å². The van der Waals surface area contributed by atoms with Crippen LogP contribution in [0.15, 0.2) is 36.4 Å². The molecule has 4 N–H and O–H groups in total. The van der Waals surface area contributed by atoms with Gasteiger partial charge in [-0.1, -0.05) is 35.3 Å². The van der Waals surface area contributed by atoms with E-state index in [4.69, 9.17) is 39.4 Å². The summed E-state index contributed by atoms with van der Waals surface area (Å²) < 4.78 is 5.60. The number of ether oxygens (including phenoxy) is 1. The summed E-state index contributed by atoms with van der Waals surface area (Å²) >= 11 is 11.7. The molecule has 2 rings (SSSR count). The highest BCUT2D eigenvalue weighted by atomic mass is 35.5. The molecule has 0 fully saturated rings. The second-order valence-electron chi connectivity index (χ2n) is 4.20. The molecule has 0 amide bonds. The van der Waals surface area contributed by atoms with Crippen LogP contribution in [0.3, 0.4) is 0 Å². The highest BCUT2D eigenvalue weighted by Crippen LogP contribution is 2.21. The van der Waals surface area contributed by atoms with Crippen LogP contribution in [0, 0.1) is 0 Å². The molecule has 0 atom stereocenters. The number of halogens is 2. The Morgan fingerprint density at radius 2 is 1.21 bits per heavy atom. The summed E-state index contributed by atoms with van der Waals surface area (Å²) in [4.78, 5) is 0. The van der Waals surface area contributed by atoms with Gasteiger partial charge in [-0.2, -0.15) is 0 Å². The quantitative estimate of drug-likeness (QED) is 0.842. The highest BCUT2D eigenvalue weighted by molar-refractivity contribution is 6.33. The molecule has 2 aromatic rings. The number of anilines is 2. The van der Waals surface area contributed by atoms with Crippen molar-refractivity contribution in [3.05, 3.63) is 57.6 Å². The minimum atomic E-state index is 0.462. The first-order valence-electron chi connectivity index (χ1n) is 5.72. The molecule has 0 aliphatic rings. The third kappa shape index (κ3) is 3.77. The minimum absolute atomic E-state index is 0.462. The lowest BCUT2D eigenvalue weighted by molar-refractivity contribution is 0.107. The normalized spacial score (nSPS) is 10.6. The standard InChI is InChI=1S/C14H14Cl2N2O/c15-11-3-1-9(5-13(11)17)7-19-8-10-2-4-12(16)14(18)6-10/h1-6H,7-8,17-18H2.